The molecule has 1 aromatic heterocycles. The largest absolute Gasteiger partial charge is 0.353 e. The van der Waals surface area contributed by atoms with Crippen LogP contribution in [0.4, 0.5) is 15.0 Å². The van der Waals surface area contributed by atoms with Crippen LogP contribution in [0.1, 0.15) is 12.5 Å². The van der Waals surface area contributed by atoms with Crippen molar-refractivity contribution in [1.82, 2.24) is 20.5 Å². The molecule has 0 radical (unpaired) electrons. The second-order valence-electron chi connectivity index (χ2n) is 6.68. The van der Waals surface area contributed by atoms with Crippen LogP contribution in [0.5, 0.6) is 0 Å². The van der Waals surface area contributed by atoms with Crippen LogP contribution in [-0.4, -0.2) is 54.0 Å². The van der Waals surface area contributed by atoms with E-state index in [9.17, 15) is 14.0 Å². The van der Waals surface area contributed by atoms with Gasteiger partial charge in [0.05, 0.1) is 0 Å². The number of carbonyl (C=O) groups excluding carboxylic acids is 2. The number of nitrogens with zero attached hydrogens (tertiary/aromatic N) is 3. The van der Waals surface area contributed by atoms with Crippen LogP contribution >= 0.6 is 0 Å². The normalized spacial score (nSPS) is 15.1. The Labute approximate surface area is 163 Å². The predicted octanol–water partition coefficient (Wildman–Crippen LogP) is 1.76. The molecule has 7 nitrogen and oxygen atoms in total. The van der Waals surface area contributed by atoms with Crippen molar-refractivity contribution in [3.05, 3.63) is 60.0 Å². The number of carbonyl (C=O) groups is 2. The second kappa shape index (κ2) is 9.16. The molecule has 1 atom stereocenters. The summed E-state index contributed by atoms with van der Waals surface area (Å²) in [4.78, 5) is 32.8. The van der Waals surface area contributed by atoms with Gasteiger partial charge >= 0.3 is 6.03 Å². The molecule has 1 saturated heterocycles. The number of hydrogen-bond donors (Lipinski definition) is 2. The van der Waals surface area contributed by atoms with Gasteiger partial charge in [0.1, 0.15) is 17.7 Å². The molecule has 1 aliphatic heterocycles. The smallest absolute Gasteiger partial charge is 0.318 e. The Balaban J connectivity index is 1.43. The molecule has 1 aliphatic rings. The maximum absolute atomic E-state index is 13.2. The Morgan fingerprint density at radius 3 is 2.61 bits per heavy atom. The van der Waals surface area contributed by atoms with E-state index >= 15 is 0 Å². The summed E-state index contributed by atoms with van der Waals surface area (Å²) in [6.45, 7) is 4.32. The summed E-state index contributed by atoms with van der Waals surface area (Å²) in [6.07, 6.45) is 1.75. The van der Waals surface area contributed by atoms with Gasteiger partial charge in [-0.05, 0) is 36.8 Å². The molecule has 3 rings (SSSR count). The van der Waals surface area contributed by atoms with E-state index in [2.05, 4.69) is 20.5 Å². The summed E-state index contributed by atoms with van der Waals surface area (Å²) in [6, 6.07) is 10.8. The fourth-order valence-electron chi connectivity index (χ4n) is 3.01. The summed E-state index contributed by atoms with van der Waals surface area (Å²) in [7, 11) is 0. The Morgan fingerprint density at radius 2 is 1.93 bits per heavy atom. The molecule has 8 heteroatoms. The van der Waals surface area contributed by atoms with E-state index in [0.29, 0.717) is 31.7 Å². The highest BCUT2D eigenvalue weighted by Gasteiger charge is 2.24. The van der Waals surface area contributed by atoms with E-state index in [1.165, 1.54) is 12.1 Å². The van der Waals surface area contributed by atoms with E-state index < -0.39 is 6.04 Å². The fraction of sp³-hybridized carbons (Fsp3) is 0.350. The number of anilines is 1. The molecule has 148 valence electrons. The monoisotopic (exact) mass is 385 g/mol. The van der Waals surface area contributed by atoms with Crippen LogP contribution in [0, 0.1) is 5.82 Å². The number of hydrogen-bond acceptors (Lipinski definition) is 4. The molecule has 3 amide bonds. The van der Waals surface area contributed by atoms with E-state index in [1.807, 2.05) is 18.2 Å². The predicted molar refractivity (Wildman–Crippen MR) is 104 cm³/mol. The third-order valence-corrected chi connectivity index (χ3v) is 4.63. The summed E-state index contributed by atoms with van der Waals surface area (Å²) >= 11 is 0. The SMILES string of the molecule is CC(NC(=O)N1CCN(c2ccccn2)CC1)C(=O)NCc1cccc(F)c1. The first-order valence-electron chi connectivity index (χ1n) is 9.26. The van der Waals surface area contributed by atoms with E-state index in [4.69, 9.17) is 0 Å². The number of urea groups is 1. The molecule has 0 saturated carbocycles. The Hall–Kier alpha value is -3.16. The molecule has 0 spiro atoms. The lowest BCUT2D eigenvalue weighted by atomic mass is 10.2. The number of aromatic nitrogens is 1. The Kier molecular flexibility index (Phi) is 6.41. The molecular weight excluding hydrogens is 361 g/mol. The van der Waals surface area contributed by atoms with Crippen molar-refractivity contribution in [3.8, 4) is 0 Å². The molecule has 2 N–H and O–H groups in total. The van der Waals surface area contributed by atoms with Gasteiger partial charge in [0, 0.05) is 38.9 Å². The molecule has 1 aromatic carbocycles. The van der Waals surface area contributed by atoms with Gasteiger partial charge in [-0.1, -0.05) is 18.2 Å². The quantitative estimate of drug-likeness (QED) is 0.822. The van der Waals surface area contributed by atoms with Crippen LogP contribution in [0.15, 0.2) is 48.7 Å². The van der Waals surface area contributed by atoms with Gasteiger partial charge in [-0.15, -0.1) is 0 Å². The van der Waals surface area contributed by atoms with Gasteiger partial charge in [-0.3, -0.25) is 4.79 Å². The highest BCUT2D eigenvalue weighted by molar-refractivity contribution is 5.86. The number of pyridine rings is 1. The van der Waals surface area contributed by atoms with Gasteiger partial charge in [0.2, 0.25) is 5.91 Å². The maximum atomic E-state index is 13.2. The zero-order chi connectivity index (χ0) is 19.9. The van der Waals surface area contributed by atoms with Gasteiger partial charge in [-0.2, -0.15) is 0 Å². The molecule has 28 heavy (non-hydrogen) atoms. The molecule has 2 heterocycles. The lowest BCUT2D eigenvalue weighted by Crippen LogP contribution is -2.55. The first-order valence-corrected chi connectivity index (χ1v) is 9.26. The van der Waals surface area contributed by atoms with Crippen molar-refractivity contribution in [3.63, 3.8) is 0 Å². The third-order valence-electron chi connectivity index (χ3n) is 4.63. The van der Waals surface area contributed by atoms with Crippen molar-refractivity contribution in [1.29, 1.82) is 0 Å². The lowest BCUT2D eigenvalue weighted by Gasteiger charge is -2.35. The molecule has 1 unspecified atom stereocenters. The average Bonchev–Trinajstić information content (AvgIpc) is 2.72. The fourth-order valence-corrected chi connectivity index (χ4v) is 3.01. The lowest BCUT2D eigenvalue weighted by molar-refractivity contribution is -0.122. The number of nitrogens with one attached hydrogen (secondary N) is 2. The van der Waals surface area contributed by atoms with E-state index in [-0.39, 0.29) is 24.3 Å². The highest BCUT2D eigenvalue weighted by atomic mass is 19.1. The van der Waals surface area contributed by atoms with Gasteiger partial charge < -0.3 is 20.4 Å². The standard InChI is InChI=1S/C20H24FN5O2/c1-15(19(27)23-14-16-5-4-6-17(21)13-16)24-20(28)26-11-9-25(10-12-26)18-7-2-3-8-22-18/h2-8,13,15H,9-12,14H2,1H3,(H,23,27)(H,24,28). The number of halogens is 1. The van der Waals surface area contributed by atoms with Crippen molar-refractivity contribution in [2.45, 2.75) is 19.5 Å². The van der Waals surface area contributed by atoms with Crippen LogP contribution in [0.3, 0.4) is 0 Å². The van der Waals surface area contributed by atoms with Crippen molar-refractivity contribution >= 4 is 17.8 Å². The van der Waals surface area contributed by atoms with Crippen LogP contribution in [0.25, 0.3) is 0 Å². The topological polar surface area (TPSA) is 77.6 Å². The summed E-state index contributed by atoms with van der Waals surface area (Å²) in [5.41, 5.74) is 0.664. The summed E-state index contributed by atoms with van der Waals surface area (Å²) < 4.78 is 13.2. The summed E-state index contributed by atoms with van der Waals surface area (Å²) in [5.74, 6) is 0.232. The number of benzene rings is 1. The van der Waals surface area contributed by atoms with Crippen molar-refractivity contribution in [2.75, 3.05) is 31.1 Å². The summed E-state index contributed by atoms with van der Waals surface area (Å²) in [5, 5.41) is 5.43. The average molecular weight is 385 g/mol. The van der Waals surface area contributed by atoms with E-state index in [0.717, 1.165) is 5.82 Å². The number of rotatable bonds is 5. The Bertz CT molecular complexity index is 809. The zero-order valence-electron chi connectivity index (χ0n) is 15.8. The van der Waals surface area contributed by atoms with Crippen LogP contribution in [-0.2, 0) is 11.3 Å². The minimum Gasteiger partial charge on any atom is -0.353 e. The first kappa shape index (κ1) is 19.6. The highest BCUT2D eigenvalue weighted by Crippen LogP contribution is 2.12. The Morgan fingerprint density at radius 1 is 1.14 bits per heavy atom. The zero-order valence-corrected chi connectivity index (χ0v) is 15.8. The van der Waals surface area contributed by atoms with Gasteiger partial charge in [-0.25, -0.2) is 14.2 Å². The maximum Gasteiger partial charge on any atom is 0.318 e. The second-order valence-corrected chi connectivity index (χ2v) is 6.68. The van der Waals surface area contributed by atoms with Gasteiger partial charge in [0.15, 0.2) is 0 Å². The number of piperazine rings is 1. The molecule has 0 aliphatic carbocycles. The molecule has 1 fully saturated rings. The minimum atomic E-state index is -0.685. The molecule has 2 aromatic rings. The van der Waals surface area contributed by atoms with Gasteiger partial charge in [0.25, 0.3) is 0 Å². The third kappa shape index (κ3) is 5.18. The van der Waals surface area contributed by atoms with E-state index in [1.54, 1.807) is 30.2 Å². The minimum absolute atomic E-state index is 0.208. The molecular formula is C20H24FN5O2. The number of amides is 3. The van der Waals surface area contributed by atoms with Crippen LogP contribution in [0.2, 0.25) is 0 Å². The molecule has 0 bridgehead atoms. The van der Waals surface area contributed by atoms with Crippen molar-refractivity contribution in [2.24, 2.45) is 0 Å². The van der Waals surface area contributed by atoms with Crippen LogP contribution < -0.4 is 15.5 Å². The van der Waals surface area contributed by atoms with Crippen molar-refractivity contribution < 1.29 is 14.0 Å². The first-order chi connectivity index (χ1) is 13.5.